The summed E-state index contributed by atoms with van der Waals surface area (Å²) < 4.78 is 16.1. The van der Waals surface area contributed by atoms with Gasteiger partial charge in [0.15, 0.2) is 18.1 Å². The third-order valence-electron chi connectivity index (χ3n) is 4.58. The van der Waals surface area contributed by atoms with Gasteiger partial charge in [-0.25, -0.2) is 4.79 Å². The Morgan fingerprint density at radius 3 is 2.65 bits per heavy atom. The lowest BCUT2D eigenvalue weighted by molar-refractivity contribution is -0.385. The smallest absolute Gasteiger partial charge is 0.343 e. The number of imide groups is 1. The molecule has 0 atom stereocenters. The van der Waals surface area contributed by atoms with Crippen molar-refractivity contribution >= 4 is 56.6 Å². The van der Waals surface area contributed by atoms with E-state index in [1.807, 2.05) is 0 Å². The summed E-state index contributed by atoms with van der Waals surface area (Å²) in [4.78, 5) is 48.6. The summed E-state index contributed by atoms with van der Waals surface area (Å²) in [6, 6.07) is 9.20. The predicted octanol–water partition coefficient (Wildman–Crippen LogP) is 4.54. The van der Waals surface area contributed by atoms with Crippen LogP contribution in [-0.4, -0.2) is 47.3 Å². The Hall–Kier alpha value is -3.38. The van der Waals surface area contributed by atoms with E-state index < -0.39 is 22.0 Å². The van der Waals surface area contributed by atoms with Gasteiger partial charge in [-0.15, -0.1) is 0 Å². The number of carbonyl (C=O) groups excluding carboxylic acids is 3. The van der Waals surface area contributed by atoms with E-state index in [0.717, 1.165) is 16.7 Å². The van der Waals surface area contributed by atoms with Crippen LogP contribution in [0, 0.1) is 10.1 Å². The maximum absolute atomic E-state index is 12.9. The second-order valence-electron chi connectivity index (χ2n) is 6.78. The molecular weight excluding hydrogens is 532 g/mol. The van der Waals surface area contributed by atoms with Crippen LogP contribution in [0.2, 0.25) is 0 Å². The summed E-state index contributed by atoms with van der Waals surface area (Å²) in [5, 5.41) is 10.7. The molecule has 10 nitrogen and oxygen atoms in total. The molecule has 3 rings (SSSR count). The van der Waals surface area contributed by atoms with Gasteiger partial charge in [-0.05, 0) is 58.4 Å². The van der Waals surface area contributed by atoms with Gasteiger partial charge in [0.1, 0.15) is 0 Å². The van der Waals surface area contributed by atoms with E-state index in [9.17, 15) is 24.5 Å². The summed E-state index contributed by atoms with van der Waals surface area (Å²) in [5.41, 5.74) is 0.625. The number of hydrogen-bond donors (Lipinski definition) is 0. The minimum Gasteiger partial charge on any atom is -0.490 e. The van der Waals surface area contributed by atoms with Gasteiger partial charge in [-0.1, -0.05) is 18.2 Å². The highest BCUT2D eigenvalue weighted by Gasteiger charge is 2.36. The SMILES string of the molecule is CCOc1cc(/C=C2\SC(=O)N(Cc3ccccc3[N+](=O)[O-])C2=O)cc(Br)c1OCC(=O)OC. The number of hydrogen-bond acceptors (Lipinski definition) is 9. The third-order valence-corrected chi connectivity index (χ3v) is 6.08. The van der Waals surface area contributed by atoms with Crippen molar-refractivity contribution in [3.63, 3.8) is 0 Å². The van der Waals surface area contributed by atoms with Gasteiger partial charge in [0.2, 0.25) is 0 Å². The zero-order valence-electron chi connectivity index (χ0n) is 18.1. The van der Waals surface area contributed by atoms with Crippen LogP contribution in [0.25, 0.3) is 6.08 Å². The third kappa shape index (κ3) is 5.75. The largest absolute Gasteiger partial charge is 0.490 e. The molecule has 1 heterocycles. The van der Waals surface area contributed by atoms with Gasteiger partial charge < -0.3 is 14.2 Å². The highest BCUT2D eigenvalue weighted by atomic mass is 79.9. The van der Waals surface area contributed by atoms with Crippen LogP contribution in [0.3, 0.4) is 0 Å². The standard InChI is InChI=1S/C22H19BrN2O8S/c1-3-32-17-9-13(8-15(23)20(17)33-12-19(26)31-2)10-18-21(27)24(22(28)34-18)11-14-6-4-5-7-16(14)25(29)30/h4-10H,3,11-12H2,1-2H3/b18-10-. The number of carbonyl (C=O) groups is 3. The lowest BCUT2D eigenvalue weighted by Crippen LogP contribution is -2.27. The molecule has 0 bridgehead atoms. The fraction of sp³-hybridized carbons (Fsp3) is 0.227. The number of amides is 2. The molecule has 178 valence electrons. The number of halogens is 1. The van der Waals surface area contributed by atoms with Gasteiger partial charge in [-0.2, -0.15) is 0 Å². The predicted molar refractivity (Wildman–Crippen MR) is 127 cm³/mol. The molecule has 2 amide bonds. The highest BCUT2D eigenvalue weighted by Crippen LogP contribution is 2.40. The van der Waals surface area contributed by atoms with Crippen molar-refractivity contribution < 1.29 is 33.5 Å². The average molecular weight is 551 g/mol. The van der Waals surface area contributed by atoms with E-state index in [1.165, 1.54) is 31.4 Å². The van der Waals surface area contributed by atoms with E-state index in [-0.39, 0.29) is 35.1 Å². The monoisotopic (exact) mass is 550 g/mol. The van der Waals surface area contributed by atoms with Crippen molar-refractivity contribution in [2.45, 2.75) is 13.5 Å². The Morgan fingerprint density at radius 2 is 1.97 bits per heavy atom. The van der Waals surface area contributed by atoms with Crippen LogP contribution in [0.5, 0.6) is 11.5 Å². The first-order chi connectivity index (χ1) is 16.2. The average Bonchev–Trinajstić information content (AvgIpc) is 3.06. The fourth-order valence-electron chi connectivity index (χ4n) is 3.04. The molecule has 0 aromatic heterocycles. The zero-order valence-corrected chi connectivity index (χ0v) is 20.5. The number of rotatable bonds is 9. The Labute approximate surface area is 207 Å². The Morgan fingerprint density at radius 1 is 1.24 bits per heavy atom. The Bertz CT molecular complexity index is 1180. The maximum atomic E-state index is 12.9. The van der Waals surface area contributed by atoms with Gasteiger partial charge in [0, 0.05) is 11.6 Å². The number of thioether (sulfide) groups is 1. The number of para-hydroxylation sites is 1. The molecule has 0 saturated carbocycles. The van der Waals surface area contributed by atoms with Crippen LogP contribution in [0.4, 0.5) is 10.5 Å². The molecule has 1 fully saturated rings. The number of nitro benzene ring substituents is 1. The molecule has 1 saturated heterocycles. The molecule has 34 heavy (non-hydrogen) atoms. The van der Waals surface area contributed by atoms with E-state index in [4.69, 9.17) is 9.47 Å². The van der Waals surface area contributed by atoms with Crippen LogP contribution >= 0.6 is 27.7 Å². The molecule has 0 radical (unpaired) electrons. The first-order valence-electron chi connectivity index (χ1n) is 9.88. The zero-order chi connectivity index (χ0) is 24.8. The first kappa shape index (κ1) is 25.2. The molecule has 0 spiro atoms. The topological polar surface area (TPSA) is 125 Å². The van der Waals surface area contributed by atoms with E-state index >= 15 is 0 Å². The second kappa shape index (κ2) is 11.2. The van der Waals surface area contributed by atoms with Gasteiger partial charge in [-0.3, -0.25) is 24.6 Å². The summed E-state index contributed by atoms with van der Waals surface area (Å²) in [6.07, 6.45) is 1.52. The molecule has 2 aromatic carbocycles. The van der Waals surface area contributed by atoms with Crippen LogP contribution in [-0.2, 0) is 20.9 Å². The first-order valence-corrected chi connectivity index (χ1v) is 11.5. The molecule has 0 unspecified atom stereocenters. The molecule has 0 N–H and O–H groups in total. The van der Waals surface area contributed by atoms with Crippen LogP contribution in [0.15, 0.2) is 45.8 Å². The Balaban J connectivity index is 1.87. The normalized spacial score (nSPS) is 14.4. The van der Waals surface area contributed by atoms with Crippen molar-refractivity contribution in [1.29, 1.82) is 0 Å². The Kier molecular flexibility index (Phi) is 8.29. The van der Waals surface area contributed by atoms with Crippen molar-refractivity contribution in [1.82, 2.24) is 4.90 Å². The van der Waals surface area contributed by atoms with Crippen molar-refractivity contribution in [3.8, 4) is 11.5 Å². The number of benzene rings is 2. The summed E-state index contributed by atoms with van der Waals surface area (Å²) >= 11 is 4.11. The lowest BCUT2D eigenvalue weighted by atomic mass is 10.1. The molecular formula is C22H19BrN2O8S. The number of esters is 1. The quantitative estimate of drug-likeness (QED) is 0.191. The highest BCUT2D eigenvalue weighted by molar-refractivity contribution is 9.10. The molecule has 12 heteroatoms. The summed E-state index contributed by atoms with van der Waals surface area (Å²) in [6.45, 7) is 1.56. The summed E-state index contributed by atoms with van der Waals surface area (Å²) in [5.74, 6) is -0.515. The van der Waals surface area contributed by atoms with Gasteiger partial charge >= 0.3 is 5.97 Å². The van der Waals surface area contributed by atoms with Crippen molar-refractivity contribution in [2.75, 3.05) is 20.3 Å². The van der Waals surface area contributed by atoms with E-state index in [1.54, 1.807) is 25.1 Å². The lowest BCUT2D eigenvalue weighted by Gasteiger charge is -2.14. The fourth-order valence-corrected chi connectivity index (χ4v) is 4.46. The molecule has 1 aliphatic heterocycles. The minimum absolute atomic E-state index is 0.154. The van der Waals surface area contributed by atoms with Crippen LogP contribution in [0.1, 0.15) is 18.1 Å². The number of methoxy groups -OCH3 is 1. The van der Waals surface area contributed by atoms with Gasteiger partial charge in [0.05, 0.1) is 34.6 Å². The molecule has 1 aliphatic rings. The maximum Gasteiger partial charge on any atom is 0.343 e. The minimum atomic E-state index is -0.564. The van der Waals surface area contributed by atoms with Crippen molar-refractivity contribution in [2.24, 2.45) is 0 Å². The second-order valence-corrected chi connectivity index (χ2v) is 8.63. The number of nitrogens with zero attached hydrogens (tertiary/aromatic N) is 2. The summed E-state index contributed by atoms with van der Waals surface area (Å²) in [7, 11) is 1.25. The van der Waals surface area contributed by atoms with Crippen LogP contribution < -0.4 is 9.47 Å². The number of nitro groups is 1. The molecule has 0 aliphatic carbocycles. The van der Waals surface area contributed by atoms with Crippen molar-refractivity contribution in [3.05, 3.63) is 67.0 Å². The number of ether oxygens (including phenoxy) is 3. The van der Waals surface area contributed by atoms with E-state index in [0.29, 0.717) is 22.4 Å². The molecule has 2 aromatic rings. The van der Waals surface area contributed by atoms with E-state index in [2.05, 4.69) is 20.7 Å². The van der Waals surface area contributed by atoms with Gasteiger partial charge in [0.25, 0.3) is 16.8 Å².